The molecule has 11 nitrogen and oxygen atoms in total. The van der Waals surface area contributed by atoms with E-state index in [9.17, 15) is 14.0 Å². The summed E-state index contributed by atoms with van der Waals surface area (Å²) in [5, 5.41) is 5.25. The topological polar surface area (TPSA) is 128 Å². The fraction of sp³-hybridized carbons (Fsp3) is 0.300. The monoisotopic (exact) mass is 590 g/mol. The van der Waals surface area contributed by atoms with Crippen molar-refractivity contribution in [3.05, 3.63) is 72.6 Å². The summed E-state index contributed by atoms with van der Waals surface area (Å²) in [7, 11) is 0. The summed E-state index contributed by atoms with van der Waals surface area (Å²) in [6.45, 7) is 4.30. The van der Waals surface area contributed by atoms with E-state index in [2.05, 4.69) is 30.5 Å². The molecule has 2 fully saturated rings. The van der Waals surface area contributed by atoms with Crippen molar-refractivity contribution in [2.24, 2.45) is 5.41 Å². The number of hydrogen-bond donors (Lipinski definition) is 2. The lowest BCUT2D eigenvalue weighted by atomic mass is 10.0. The Hall–Kier alpha value is -4.75. The van der Waals surface area contributed by atoms with E-state index in [1.165, 1.54) is 48.8 Å². The van der Waals surface area contributed by atoms with Crippen molar-refractivity contribution in [1.82, 2.24) is 19.9 Å². The fourth-order valence-electron chi connectivity index (χ4n) is 4.63. The Morgan fingerprint density at radius 1 is 0.930 bits per heavy atom. The maximum atomic E-state index is 15.1. The van der Waals surface area contributed by atoms with Gasteiger partial charge in [0.25, 0.3) is 0 Å². The average Bonchev–Trinajstić information content (AvgIpc) is 3.83. The van der Waals surface area contributed by atoms with Crippen LogP contribution in [0.1, 0.15) is 12.8 Å². The van der Waals surface area contributed by atoms with Gasteiger partial charge in [-0.15, -0.1) is 0 Å². The molecule has 2 N–H and O–H groups in total. The van der Waals surface area contributed by atoms with Crippen molar-refractivity contribution in [3.63, 3.8) is 0 Å². The second-order valence-corrected chi connectivity index (χ2v) is 10.2. The number of ether oxygens (including phenoxy) is 3. The number of benzene rings is 2. The molecule has 0 spiro atoms. The van der Waals surface area contributed by atoms with Crippen molar-refractivity contribution >= 4 is 34.4 Å². The van der Waals surface area contributed by atoms with Crippen LogP contribution in [-0.4, -0.2) is 71.1 Å². The second kappa shape index (κ2) is 12.2. The van der Waals surface area contributed by atoms with Gasteiger partial charge in [0, 0.05) is 49.3 Å². The van der Waals surface area contributed by atoms with Gasteiger partial charge in [0.2, 0.25) is 17.7 Å². The third-order valence-electron chi connectivity index (χ3n) is 7.28. The zero-order valence-corrected chi connectivity index (χ0v) is 23.0. The van der Waals surface area contributed by atoms with Crippen LogP contribution in [0.3, 0.4) is 0 Å². The van der Waals surface area contributed by atoms with Gasteiger partial charge in [0.1, 0.15) is 17.8 Å². The van der Waals surface area contributed by atoms with E-state index < -0.39 is 28.9 Å². The summed E-state index contributed by atoms with van der Waals surface area (Å²) in [4.78, 5) is 41.0. The Bertz CT molecular complexity index is 1640. The molecular formula is C30H28F2N6O5. The first-order chi connectivity index (χ1) is 20.9. The molecule has 1 saturated heterocycles. The number of fused-ring (bicyclic) bond motifs is 1. The molecule has 43 heavy (non-hydrogen) atoms. The van der Waals surface area contributed by atoms with E-state index in [-0.39, 0.29) is 22.8 Å². The molecular weight excluding hydrogens is 562 g/mol. The summed E-state index contributed by atoms with van der Waals surface area (Å²) in [6, 6.07) is 10.7. The van der Waals surface area contributed by atoms with Crippen molar-refractivity contribution < 1.29 is 32.6 Å². The molecule has 2 aromatic carbocycles. The largest absolute Gasteiger partial charge is 0.475 e. The predicted octanol–water partition coefficient (Wildman–Crippen LogP) is 4.16. The molecule has 222 valence electrons. The number of aromatic nitrogens is 3. The van der Waals surface area contributed by atoms with Crippen LogP contribution in [0.25, 0.3) is 11.2 Å². The number of anilines is 2. The number of carbonyl (C=O) groups is 2. The highest BCUT2D eigenvalue weighted by molar-refractivity contribution is 6.16. The lowest BCUT2D eigenvalue weighted by Crippen LogP contribution is -2.38. The summed E-state index contributed by atoms with van der Waals surface area (Å²) in [6.07, 6.45) is 3.62. The number of morpholine rings is 1. The van der Waals surface area contributed by atoms with E-state index in [1.807, 2.05) is 0 Å². The molecule has 0 atom stereocenters. The molecule has 2 amide bonds. The molecule has 3 heterocycles. The van der Waals surface area contributed by atoms with Gasteiger partial charge in [0.15, 0.2) is 28.5 Å². The SMILES string of the molecule is O=C(Nc1ccc(F)cc1)C1(C(=O)Nc2ccc(Oc3ccnc4nc(OCCN5CCOCC5)cnc34)c(F)c2)CC1. The van der Waals surface area contributed by atoms with Gasteiger partial charge in [-0.3, -0.25) is 14.5 Å². The standard InChI is InChI=1S/C30H28F2N6O5/c31-19-1-3-20(4-2-19)35-28(39)30(8-9-30)29(40)36-21-5-6-23(22(32)17-21)43-24-7-10-33-27-26(24)34-18-25(37-27)42-16-13-38-11-14-41-15-12-38/h1-7,10,17-18H,8-9,11-16H2,(H,35,39)(H,36,40). The third-order valence-corrected chi connectivity index (χ3v) is 7.28. The molecule has 13 heteroatoms. The molecule has 6 rings (SSSR count). The van der Waals surface area contributed by atoms with Crippen LogP contribution in [0.5, 0.6) is 17.4 Å². The first kappa shape index (κ1) is 28.4. The van der Waals surface area contributed by atoms with Crippen LogP contribution < -0.4 is 20.1 Å². The van der Waals surface area contributed by atoms with E-state index >= 15 is 4.39 Å². The first-order valence-corrected chi connectivity index (χ1v) is 13.8. The highest BCUT2D eigenvalue weighted by Gasteiger charge is 2.56. The quantitative estimate of drug-likeness (QED) is 0.262. The zero-order chi connectivity index (χ0) is 29.8. The highest BCUT2D eigenvalue weighted by atomic mass is 19.1. The van der Waals surface area contributed by atoms with Gasteiger partial charge in [-0.25, -0.2) is 18.7 Å². The maximum Gasteiger partial charge on any atom is 0.240 e. The van der Waals surface area contributed by atoms with Gasteiger partial charge < -0.3 is 24.8 Å². The number of nitrogens with one attached hydrogen (secondary N) is 2. The fourth-order valence-corrected chi connectivity index (χ4v) is 4.63. The van der Waals surface area contributed by atoms with Gasteiger partial charge in [0.05, 0.1) is 19.4 Å². The van der Waals surface area contributed by atoms with Crippen LogP contribution in [0.2, 0.25) is 0 Å². The summed E-state index contributed by atoms with van der Waals surface area (Å²) < 4.78 is 45.1. The molecule has 2 aromatic heterocycles. The van der Waals surface area contributed by atoms with Crippen molar-refractivity contribution in [2.45, 2.75) is 12.8 Å². The van der Waals surface area contributed by atoms with E-state index in [0.29, 0.717) is 49.7 Å². The Morgan fingerprint density at radius 2 is 1.65 bits per heavy atom. The average molecular weight is 591 g/mol. The van der Waals surface area contributed by atoms with E-state index in [0.717, 1.165) is 25.7 Å². The minimum Gasteiger partial charge on any atom is -0.475 e. The number of pyridine rings is 1. The number of nitrogens with zero attached hydrogens (tertiary/aromatic N) is 4. The number of hydrogen-bond acceptors (Lipinski definition) is 9. The normalized spacial score (nSPS) is 16.0. The zero-order valence-electron chi connectivity index (χ0n) is 23.0. The van der Waals surface area contributed by atoms with Crippen LogP contribution in [0.4, 0.5) is 20.2 Å². The van der Waals surface area contributed by atoms with E-state index in [1.54, 1.807) is 6.07 Å². The predicted molar refractivity (Wildman–Crippen MR) is 152 cm³/mol. The number of amides is 2. The summed E-state index contributed by atoms with van der Waals surface area (Å²) in [5.74, 6) is -1.79. The van der Waals surface area contributed by atoms with Gasteiger partial charge in [-0.05, 0) is 49.2 Å². The molecule has 0 unspecified atom stereocenters. The molecule has 1 saturated carbocycles. The molecule has 1 aliphatic carbocycles. The summed E-state index contributed by atoms with van der Waals surface area (Å²) >= 11 is 0. The van der Waals surface area contributed by atoms with Crippen molar-refractivity contribution in [2.75, 3.05) is 50.1 Å². The number of carbonyl (C=O) groups excluding carboxylic acids is 2. The smallest absolute Gasteiger partial charge is 0.240 e. The number of rotatable bonds is 10. The third kappa shape index (κ3) is 6.52. The van der Waals surface area contributed by atoms with Gasteiger partial charge in [-0.2, -0.15) is 4.98 Å². The van der Waals surface area contributed by atoms with Crippen molar-refractivity contribution in [1.29, 1.82) is 0 Å². The Morgan fingerprint density at radius 3 is 2.37 bits per heavy atom. The molecule has 1 aliphatic heterocycles. The lowest BCUT2D eigenvalue weighted by molar-refractivity contribution is -0.131. The van der Waals surface area contributed by atoms with Gasteiger partial charge >= 0.3 is 0 Å². The first-order valence-electron chi connectivity index (χ1n) is 13.8. The Labute approximate surface area is 245 Å². The molecule has 0 radical (unpaired) electrons. The molecule has 0 bridgehead atoms. The van der Waals surface area contributed by atoms with E-state index in [4.69, 9.17) is 14.2 Å². The Balaban J connectivity index is 1.08. The Kier molecular flexibility index (Phi) is 8.07. The lowest BCUT2D eigenvalue weighted by Gasteiger charge is -2.26. The van der Waals surface area contributed by atoms with Crippen LogP contribution in [0.15, 0.2) is 60.9 Å². The van der Waals surface area contributed by atoms with Gasteiger partial charge in [-0.1, -0.05) is 0 Å². The minimum absolute atomic E-state index is 0.103. The minimum atomic E-state index is -1.28. The molecule has 4 aromatic rings. The van der Waals surface area contributed by atoms with Crippen LogP contribution >= 0.6 is 0 Å². The van der Waals surface area contributed by atoms with Crippen LogP contribution in [-0.2, 0) is 14.3 Å². The number of halogens is 2. The second-order valence-electron chi connectivity index (χ2n) is 10.2. The summed E-state index contributed by atoms with van der Waals surface area (Å²) in [5.41, 5.74) is -0.144. The molecule has 2 aliphatic rings. The highest BCUT2D eigenvalue weighted by Crippen LogP contribution is 2.47. The van der Waals surface area contributed by atoms with Crippen LogP contribution in [0, 0.1) is 17.0 Å². The maximum absolute atomic E-state index is 15.1. The van der Waals surface area contributed by atoms with Crippen molar-refractivity contribution in [3.8, 4) is 17.4 Å².